The molecule has 0 saturated carbocycles. The molecule has 0 atom stereocenters. The largest absolute Gasteiger partial charge is 0.379 e. The number of aromatic nitrogens is 2. The SMILES string of the molecule is Cn1cncc1CNc1ccc(C#N)cc1. The van der Waals surface area contributed by atoms with Gasteiger partial charge in [-0.15, -0.1) is 0 Å². The van der Waals surface area contributed by atoms with Gasteiger partial charge in [-0.05, 0) is 24.3 Å². The third-order valence-electron chi connectivity index (χ3n) is 2.40. The van der Waals surface area contributed by atoms with E-state index in [4.69, 9.17) is 5.26 Å². The van der Waals surface area contributed by atoms with Crippen LogP contribution in [-0.2, 0) is 13.6 Å². The van der Waals surface area contributed by atoms with Crippen molar-refractivity contribution in [1.29, 1.82) is 5.26 Å². The lowest BCUT2D eigenvalue weighted by Crippen LogP contribution is -2.03. The van der Waals surface area contributed by atoms with E-state index in [1.807, 2.05) is 29.9 Å². The lowest BCUT2D eigenvalue weighted by atomic mass is 10.2. The Hall–Kier alpha value is -2.28. The van der Waals surface area contributed by atoms with Crippen LogP contribution in [0.5, 0.6) is 0 Å². The molecule has 1 N–H and O–H groups in total. The van der Waals surface area contributed by atoms with E-state index in [0.717, 1.165) is 17.9 Å². The first-order valence-corrected chi connectivity index (χ1v) is 4.99. The Morgan fingerprint density at radius 3 is 2.69 bits per heavy atom. The van der Waals surface area contributed by atoms with Crippen LogP contribution in [0.3, 0.4) is 0 Å². The molecule has 2 aromatic rings. The summed E-state index contributed by atoms with van der Waals surface area (Å²) in [6.07, 6.45) is 3.60. The standard InChI is InChI=1S/C12H12N4/c1-16-9-14-7-12(16)8-15-11-4-2-10(6-13)3-5-11/h2-5,7,9,15H,8H2,1H3. The van der Waals surface area contributed by atoms with Crippen molar-refractivity contribution < 1.29 is 0 Å². The summed E-state index contributed by atoms with van der Waals surface area (Å²) in [6.45, 7) is 0.725. The zero-order chi connectivity index (χ0) is 11.4. The topological polar surface area (TPSA) is 53.6 Å². The van der Waals surface area contributed by atoms with Crippen LogP contribution < -0.4 is 5.32 Å². The molecule has 0 spiro atoms. The molecular formula is C12H12N4. The highest BCUT2D eigenvalue weighted by molar-refractivity contribution is 5.47. The second-order valence-electron chi connectivity index (χ2n) is 3.54. The number of rotatable bonds is 3. The fraction of sp³-hybridized carbons (Fsp3) is 0.167. The van der Waals surface area contributed by atoms with Crippen LogP contribution in [0.4, 0.5) is 5.69 Å². The number of aryl methyl sites for hydroxylation is 1. The van der Waals surface area contributed by atoms with Gasteiger partial charge in [0.2, 0.25) is 0 Å². The van der Waals surface area contributed by atoms with Gasteiger partial charge in [-0.3, -0.25) is 0 Å². The Kier molecular flexibility index (Phi) is 2.88. The average molecular weight is 212 g/mol. The predicted molar refractivity (Wildman–Crippen MR) is 61.7 cm³/mol. The molecule has 0 aliphatic heterocycles. The molecule has 0 saturated heterocycles. The van der Waals surface area contributed by atoms with Crippen molar-refractivity contribution in [3.63, 3.8) is 0 Å². The van der Waals surface area contributed by atoms with Gasteiger partial charge < -0.3 is 9.88 Å². The first kappa shape index (κ1) is 10.2. The molecule has 4 nitrogen and oxygen atoms in total. The van der Waals surface area contributed by atoms with Gasteiger partial charge in [-0.2, -0.15) is 5.26 Å². The second-order valence-corrected chi connectivity index (χ2v) is 3.54. The Labute approximate surface area is 94.2 Å². The summed E-state index contributed by atoms with van der Waals surface area (Å²) >= 11 is 0. The van der Waals surface area contributed by atoms with Gasteiger partial charge in [0.15, 0.2) is 0 Å². The molecule has 0 bridgehead atoms. The molecule has 0 fully saturated rings. The number of anilines is 1. The summed E-state index contributed by atoms with van der Waals surface area (Å²) in [7, 11) is 1.96. The highest BCUT2D eigenvalue weighted by atomic mass is 15.0. The number of nitrogens with zero attached hydrogens (tertiary/aromatic N) is 3. The van der Waals surface area contributed by atoms with Crippen molar-refractivity contribution in [3.05, 3.63) is 48.0 Å². The molecule has 80 valence electrons. The van der Waals surface area contributed by atoms with Crippen molar-refractivity contribution in [3.8, 4) is 6.07 Å². The smallest absolute Gasteiger partial charge is 0.0991 e. The summed E-state index contributed by atoms with van der Waals surface area (Å²) in [4.78, 5) is 4.04. The summed E-state index contributed by atoms with van der Waals surface area (Å²) in [5.74, 6) is 0. The fourth-order valence-corrected chi connectivity index (χ4v) is 1.41. The lowest BCUT2D eigenvalue weighted by Gasteiger charge is -2.06. The van der Waals surface area contributed by atoms with Crippen LogP contribution in [0.25, 0.3) is 0 Å². The van der Waals surface area contributed by atoms with Crippen LogP contribution in [0, 0.1) is 11.3 Å². The molecule has 1 aromatic carbocycles. The van der Waals surface area contributed by atoms with Gasteiger partial charge in [-0.1, -0.05) is 0 Å². The highest BCUT2D eigenvalue weighted by Gasteiger charge is 1.98. The van der Waals surface area contributed by atoms with Crippen LogP contribution in [-0.4, -0.2) is 9.55 Å². The van der Waals surface area contributed by atoms with Gasteiger partial charge in [-0.25, -0.2) is 4.98 Å². The van der Waals surface area contributed by atoms with E-state index in [0.29, 0.717) is 5.56 Å². The van der Waals surface area contributed by atoms with Gasteiger partial charge in [0.25, 0.3) is 0 Å². The van der Waals surface area contributed by atoms with Gasteiger partial charge in [0.05, 0.1) is 30.2 Å². The molecule has 16 heavy (non-hydrogen) atoms. The van der Waals surface area contributed by atoms with E-state index in [1.54, 1.807) is 18.5 Å². The molecule has 0 radical (unpaired) electrons. The minimum atomic E-state index is 0.672. The molecule has 1 aromatic heterocycles. The van der Waals surface area contributed by atoms with E-state index in [-0.39, 0.29) is 0 Å². The number of imidazole rings is 1. The normalized spacial score (nSPS) is 9.75. The third-order valence-corrected chi connectivity index (χ3v) is 2.40. The molecule has 0 aliphatic rings. The number of benzene rings is 1. The van der Waals surface area contributed by atoms with Crippen molar-refractivity contribution in [2.45, 2.75) is 6.54 Å². The lowest BCUT2D eigenvalue weighted by molar-refractivity contribution is 0.837. The number of hydrogen-bond acceptors (Lipinski definition) is 3. The van der Waals surface area contributed by atoms with Crippen LogP contribution in [0.1, 0.15) is 11.3 Å². The first-order chi connectivity index (χ1) is 7.79. The average Bonchev–Trinajstić information content (AvgIpc) is 2.73. The Balaban J connectivity index is 2.00. The zero-order valence-electron chi connectivity index (χ0n) is 9.01. The predicted octanol–water partition coefficient (Wildman–Crippen LogP) is 1.90. The van der Waals surface area contributed by atoms with Crippen molar-refractivity contribution in [2.24, 2.45) is 7.05 Å². The maximum Gasteiger partial charge on any atom is 0.0991 e. The number of hydrogen-bond donors (Lipinski definition) is 1. The van der Waals surface area contributed by atoms with Crippen LogP contribution in [0.15, 0.2) is 36.8 Å². The minimum Gasteiger partial charge on any atom is -0.379 e. The molecule has 4 heteroatoms. The van der Waals surface area contributed by atoms with Crippen molar-refractivity contribution in [1.82, 2.24) is 9.55 Å². The summed E-state index contributed by atoms with van der Waals surface area (Å²) in [6, 6.07) is 9.48. The fourth-order valence-electron chi connectivity index (χ4n) is 1.41. The minimum absolute atomic E-state index is 0.672. The maximum absolute atomic E-state index is 8.66. The maximum atomic E-state index is 8.66. The first-order valence-electron chi connectivity index (χ1n) is 4.99. The molecule has 0 amide bonds. The van der Waals surface area contributed by atoms with Gasteiger partial charge >= 0.3 is 0 Å². The number of nitriles is 1. The Bertz CT molecular complexity index is 505. The highest BCUT2D eigenvalue weighted by Crippen LogP contribution is 2.10. The second kappa shape index (κ2) is 4.49. The quantitative estimate of drug-likeness (QED) is 0.845. The number of nitrogens with one attached hydrogen (secondary N) is 1. The summed E-state index contributed by atoms with van der Waals surface area (Å²) in [5, 5.41) is 11.9. The van der Waals surface area contributed by atoms with Gasteiger partial charge in [0, 0.05) is 18.9 Å². The van der Waals surface area contributed by atoms with E-state index in [1.165, 1.54) is 0 Å². The summed E-state index contributed by atoms with van der Waals surface area (Å²) in [5.41, 5.74) is 2.79. The van der Waals surface area contributed by atoms with Crippen molar-refractivity contribution in [2.75, 3.05) is 5.32 Å². The molecule has 2 rings (SSSR count). The van der Waals surface area contributed by atoms with E-state index in [9.17, 15) is 0 Å². The Morgan fingerprint density at radius 1 is 1.38 bits per heavy atom. The molecule has 0 aliphatic carbocycles. The molecule has 0 unspecified atom stereocenters. The Morgan fingerprint density at radius 2 is 2.12 bits per heavy atom. The third kappa shape index (κ3) is 2.20. The zero-order valence-corrected chi connectivity index (χ0v) is 9.01. The van der Waals surface area contributed by atoms with Crippen molar-refractivity contribution >= 4 is 5.69 Å². The van der Waals surface area contributed by atoms with E-state index >= 15 is 0 Å². The van der Waals surface area contributed by atoms with Gasteiger partial charge in [0.1, 0.15) is 0 Å². The van der Waals surface area contributed by atoms with E-state index in [2.05, 4.69) is 16.4 Å². The van der Waals surface area contributed by atoms with E-state index < -0.39 is 0 Å². The van der Waals surface area contributed by atoms with Crippen LogP contribution in [0.2, 0.25) is 0 Å². The molecule has 1 heterocycles. The monoisotopic (exact) mass is 212 g/mol. The van der Waals surface area contributed by atoms with Crippen LogP contribution >= 0.6 is 0 Å². The molecular weight excluding hydrogens is 200 g/mol. The summed E-state index contributed by atoms with van der Waals surface area (Å²) < 4.78 is 1.97.